The Balaban J connectivity index is 2.22. The van der Waals surface area contributed by atoms with Crippen molar-refractivity contribution >= 4 is 23.3 Å². The van der Waals surface area contributed by atoms with Crippen LogP contribution in [0.1, 0.15) is 26.3 Å². The van der Waals surface area contributed by atoms with Crippen molar-refractivity contribution in [2.75, 3.05) is 0 Å². The summed E-state index contributed by atoms with van der Waals surface area (Å²) in [4.78, 5) is 24.6. The Morgan fingerprint density at radius 3 is 2.08 bits per heavy atom. The lowest BCUT2D eigenvalue weighted by Crippen LogP contribution is -2.13. The largest absolute Gasteiger partial charge is 0.366 e. The highest BCUT2D eigenvalue weighted by Gasteiger charge is 2.19. The van der Waals surface area contributed by atoms with Gasteiger partial charge >= 0.3 is 0 Å². The number of halogens is 3. The lowest BCUT2D eigenvalue weighted by Gasteiger charge is -2.13. The Kier molecular flexibility index (Phi) is 4.82. The van der Waals surface area contributed by atoms with Crippen molar-refractivity contribution in [3.8, 4) is 11.1 Å². The number of hydrogen-bond acceptors (Lipinski definition) is 2. The molecule has 2 N–H and O–H groups in total. The summed E-state index contributed by atoms with van der Waals surface area (Å²) >= 11 is 6.02. The maximum atomic E-state index is 13.8. The van der Waals surface area contributed by atoms with Crippen LogP contribution in [-0.2, 0) is 0 Å². The average Bonchev–Trinajstić information content (AvgIpc) is 2.61. The van der Waals surface area contributed by atoms with E-state index in [2.05, 4.69) is 0 Å². The zero-order valence-corrected chi connectivity index (χ0v) is 14.1. The highest BCUT2D eigenvalue weighted by Crippen LogP contribution is 2.31. The first-order valence-corrected chi connectivity index (χ1v) is 7.94. The fraction of sp³-hybridized carbons (Fsp3) is 0. The smallest absolute Gasteiger partial charge is 0.249 e. The average molecular weight is 372 g/mol. The summed E-state index contributed by atoms with van der Waals surface area (Å²) in [6, 6.07) is 12.9. The predicted octanol–water partition coefficient (Wildman–Crippen LogP) is 4.62. The number of primary amides is 1. The van der Waals surface area contributed by atoms with Crippen molar-refractivity contribution in [2.45, 2.75) is 0 Å². The number of carbonyl (C=O) groups is 2. The van der Waals surface area contributed by atoms with E-state index < -0.39 is 23.3 Å². The molecule has 0 saturated carbocycles. The van der Waals surface area contributed by atoms with Crippen molar-refractivity contribution in [1.29, 1.82) is 0 Å². The molecular formula is C20H12ClF2NO2. The molecule has 0 atom stereocenters. The third-order valence-electron chi connectivity index (χ3n) is 3.87. The Bertz CT molecular complexity index is 1020. The van der Waals surface area contributed by atoms with Crippen LogP contribution in [0.25, 0.3) is 11.1 Å². The quantitative estimate of drug-likeness (QED) is 0.680. The first kappa shape index (κ1) is 17.8. The molecule has 1 amide bonds. The van der Waals surface area contributed by atoms with Gasteiger partial charge in [0.1, 0.15) is 11.6 Å². The monoisotopic (exact) mass is 371 g/mol. The number of nitrogens with two attached hydrogens (primary N) is 1. The second kappa shape index (κ2) is 7.06. The molecule has 0 aromatic heterocycles. The van der Waals surface area contributed by atoms with E-state index in [0.29, 0.717) is 5.56 Å². The van der Waals surface area contributed by atoms with Gasteiger partial charge in [0, 0.05) is 21.7 Å². The van der Waals surface area contributed by atoms with Crippen molar-refractivity contribution in [1.82, 2.24) is 0 Å². The van der Waals surface area contributed by atoms with Gasteiger partial charge in [-0.3, -0.25) is 9.59 Å². The maximum absolute atomic E-state index is 13.8. The molecule has 0 aliphatic carbocycles. The van der Waals surface area contributed by atoms with Crippen molar-refractivity contribution in [3.05, 3.63) is 94.0 Å². The summed E-state index contributed by atoms with van der Waals surface area (Å²) in [6.07, 6.45) is 0. The minimum absolute atomic E-state index is 0.0712. The van der Waals surface area contributed by atoms with Crippen molar-refractivity contribution < 1.29 is 18.4 Å². The molecule has 0 saturated heterocycles. The normalized spacial score (nSPS) is 10.6. The van der Waals surface area contributed by atoms with Crippen LogP contribution in [0.2, 0.25) is 5.02 Å². The first-order valence-electron chi connectivity index (χ1n) is 7.56. The summed E-state index contributed by atoms with van der Waals surface area (Å²) in [5.74, 6) is -2.26. The van der Waals surface area contributed by atoms with Crippen LogP contribution >= 0.6 is 11.6 Å². The van der Waals surface area contributed by atoms with Gasteiger partial charge in [0.05, 0.1) is 0 Å². The molecular weight excluding hydrogens is 360 g/mol. The number of ketones is 1. The van der Waals surface area contributed by atoms with Gasteiger partial charge in [-0.2, -0.15) is 0 Å². The van der Waals surface area contributed by atoms with Gasteiger partial charge in [-0.15, -0.1) is 0 Å². The minimum Gasteiger partial charge on any atom is -0.366 e. The Hall–Kier alpha value is -3.05. The molecule has 0 fully saturated rings. The summed E-state index contributed by atoms with van der Waals surface area (Å²) in [5, 5.41) is 0.288. The second-order valence-corrected chi connectivity index (χ2v) is 6.02. The SMILES string of the molecule is NC(=O)c1ccc(F)cc1-c1ccc(Cl)cc1C(=O)c1ccc(F)cc1. The molecule has 3 nitrogen and oxygen atoms in total. The van der Waals surface area contributed by atoms with E-state index >= 15 is 0 Å². The summed E-state index contributed by atoms with van der Waals surface area (Å²) in [5.41, 5.74) is 6.30. The number of rotatable bonds is 4. The van der Waals surface area contributed by atoms with Crippen LogP contribution in [0.5, 0.6) is 0 Å². The van der Waals surface area contributed by atoms with E-state index in [1.54, 1.807) is 0 Å². The van der Waals surface area contributed by atoms with Gasteiger partial charge < -0.3 is 5.73 Å². The van der Waals surface area contributed by atoms with Gasteiger partial charge in [0.25, 0.3) is 0 Å². The van der Waals surface area contributed by atoms with Crippen LogP contribution in [-0.4, -0.2) is 11.7 Å². The zero-order valence-electron chi connectivity index (χ0n) is 13.3. The molecule has 6 heteroatoms. The second-order valence-electron chi connectivity index (χ2n) is 5.58. The molecule has 0 unspecified atom stereocenters. The molecule has 130 valence electrons. The summed E-state index contributed by atoms with van der Waals surface area (Å²) in [7, 11) is 0. The van der Waals surface area contributed by atoms with E-state index in [4.69, 9.17) is 17.3 Å². The molecule has 0 spiro atoms. The zero-order chi connectivity index (χ0) is 18.8. The molecule has 26 heavy (non-hydrogen) atoms. The van der Waals surface area contributed by atoms with Gasteiger partial charge in [-0.05, 0) is 65.7 Å². The molecule has 3 aromatic carbocycles. The minimum atomic E-state index is -0.755. The van der Waals surface area contributed by atoms with Gasteiger partial charge in [0.15, 0.2) is 5.78 Å². The van der Waals surface area contributed by atoms with E-state index in [1.807, 2.05) is 0 Å². The van der Waals surface area contributed by atoms with E-state index in [0.717, 1.165) is 24.3 Å². The molecule has 0 aliphatic rings. The molecule has 0 heterocycles. The first-order chi connectivity index (χ1) is 12.4. The fourth-order valence-corrected chi connectivity index (χ4v) is 2.82. The lowest BCUT2D eigenvalue weighted by atomic mass is 9.91. The highest BCUT2D eigenvalue weighted by molar-refractivity contribution is 6.31. The third kappa shape index (κ3) is 3.48. The van der Waals surface area contributed by atoms with Crippen LogP contribution < -0.4 is 5.73 Å². The summed E-state index contributed by atoms with van der Waals surface area (Å²) in [6.45, 7) is 0. The molecule has 0 radical (unpaired) electrons. The molecule has 0 bridgehead atoms. The van der Waals surface area contributed by atoms with Crippen molar-refractivity contribution in [2.24, 2.45) is 5.73 Å². The molecule has 3 rings (SSSR count). The Labute approximate surface area is 153 Å². The van der Waals surface area contributed by atoms with E-state index in [-0.39, 0.29) is 27.3 Å². The summed E-state index contributed by atoms with van der Waals surface area (Å²) < 4.78 is 26.9. The van der Waals surface area contributed by atoms with Crippen molar-refractivity contribution in [3.63, 3.8) is 0 Å². The number of carbonyl (C=O) groups excluding carboxylic acids is 2. The lowest BCUT2D eigenvalue weighted by molar-refractivity contribution is 0.0998. The van der Waals surface area contributed by atoms with E-state index in [9.17, 15) is 18.4 Å². The number of amides is 1. The van der Waals surface area contributed by atoms with Crippen LogP contribution in [0.3, 0.4) is 0 Å². The van der Waals surface area contributed by atoms with Crippen LogP contribution in [0.4, 0.5) is 8.78 Å². The Morgan fingerprint density at radius 2 is 1.42 bits per heavy atom. The molecule has 3 aromatic rings. The van der Waals surface area contributed by atoms with Crippen LogP contribution in [0.15, 0.2) is 60.7 Å². The van der Waals surface area contributed by atoms with Gasteiger partial charge in [0.2, 0.25) is 5.91 Å². The van der Waals surface area contributed by atoms with Crippen LogP contribution in [0, 0.1) is 11.6 Å². The standard InChI is InChI=1S/C20H12ClF2NO2/c21-12-3-7-15(17-10-14(23)6-8-16(17)20(24)26)18(9-12)19(25)11-1-4-13(22)5-2-11/h1-10H,(H2,24,26). The van der Waals surface area contributed by atoms with Gasteiger partial charge in [-0.25, -0.2) is 8.78 Å². The number of benzene rings is 3. The molecule has 0 aliphatic heterocycles. The fourth-order valence-electron chi connectivity index (χ4n) is 2.65. The predicted molar refractivity (Wildman–Crippen MR) is 95.2 cm³/mol. The highest BCUT2D eigenvalue weighted by atomic mass is 35.5. The number of hydrogen-bond donors (Lipinski definition) is 1. The maximum Gasteiger partial charge on any atom is 0.249 e. The Morgan fingerprint density at radius 1 is 0.769 bits per heavy atom. The van der Waals surface area contributed by atoms with E-state index in [1.165, 1.54) is 36.4 Å². The van der Waals surface area contributed by atoms with Gasteiger partial charge in [-0.1, -0.05) is 17.7 Å². The topological polar surface area (TPSA) is 60.2 Å². The third-order valence-corrected chi connectivity index (χ3v) is 4.10.